The summed E-state index contributed by atoms with van der Waals surface area (Å²) in [4.78, 5) is 16.6. The number of likely N-dealkylation sites (tertiary alicyclic amines) is 2. The number of piperidine rings is 2. The first-order valence-electron chi connectivity index (χ1n) is 7.44. The van der Waals surface area contributed by atoms with Gasteiger partial charge < -0.3 is 10.6 Å². The molecule has 2 fully saturated rings. The molecule has 0 aromatic carbocycles. The number of carbonyl (C=O) groups excluding carboxylic acids is 1. The molecule has 0 aromatic rings. The molecular formula is C14H27N3O. The molecule has 2 aliphatic rings. The van der Waals surface area contributed by atoms with Crippen molar-refractivity contribution in [3.63, 3.8) is 0 Å². The monoisotopic (exact) mass is 253 g/mol. The molecular weight excluding hydrogens is 226 g/mol. The highest BCUT2D eigenvalue weighted by molar-refractivity contribution is 5.78. The quantitative estimate of drug-likeness (QED) is 0.818. The van der Waals surface area contributed by atoms with Gasteiger partial charge in [0.25, 0.3) is 0 Å². The fourth-order valence-electron chi connectivity index (χ4n) is 3.33. The van der Waals surface area contributed by atoms with Gasteiger partial charge in [-0.05, 0) is 44.6 Å². The second-order valence-corrected chi connectivity index (χ2v) is 5.83. The van der Waals surface area contributed by atoms with Crippen LogP contribution in [0.2, 0.25) is 0 Å². The van der Waals surface area contributed by atoms with Crippen LogP contribution in [0.4, 0.5) is 0 Å². The van der Waals surface area contributed by atoms with E-state index in [1.54, 1.807) is 0 Å². The molecule has 0 saturated carbocycles. The van der Waals surface area contributed by atoms with Gasteiger partial charge in [-0.1, -0.05) is 6.92 Å². The molecule has 0 aliphatic carbocycles. The maximum atomic E-state index is 12.3. The van der Waals surface area contributed by atoms with Crippen molar-refractivity contribution in [2.45, 2.75) is 45.1 Å². The highest BCUT2D eigenvalue weighted by Crippen LogP contribution is 2.22. The Hall–Kier alpha value is -0.610. The molecule has 4 nitrogen and oxygen atoms in total. The first-order valence-corrected chi connectivity index (χ1v) is 7.44. The Morgan fingerprint density at radius 3 is 2.56 bits per heavy atom. The maximum Gasteiger partial charge on any atom is 0.236 e. The minimum Gasteiger partial charge on any atom is -0.342 e. The predicted molar refractivity (Wildman–Crippen MR) is 73.2 cm³/mol. The number of hydrogen-bond acceptors (Lipinski definition) is 3. The van der Waals surface area contributed by atoms with Crippen molar-refractivity contribution >= 4 is 5.91 Å². The highest BCUT2D eigenvalue weighted by Gasteiger charge is 2.29. The second-order valence-electron chi connectivity index (χ2n) is 5.83. The van der Waals surface area contributed by atoms with E-state index in [1.807, 2.05) is 4.90 Å². The van der Waals surface area contributed by atoms with Crippen molar-refractivity contribution in [2.75, 3.05) is 32.7 Å². The SMILES string of the molecule is CC1CCCN(CC(=O)N2CCCCC2)C1CN. The van der Waals surface area contributed by atoms with Crippen LogP contribution in [0.15, 0.2) is 0 Å². The number of nitrogens with two attached hydrogens (primary N) is 1. The smallest absolute Gasteiger partial charge is 0.236 e. The standard InChI is InChI=1S/C14H27N3O/c1-12-6-5-9-17(13(12)10-15)11-14(18)16-7-3-2-4-8-16/h12-13H,2-11,15H2,1H3. The Morgan fingerprint density at radius 1 is 1.17 bits per heavy atom. The average molecular weight is 253 g/mol. The fraction of sp³-hybridized carbons (Fsp3) is 0.929. The zero-order valence-electron chi connectivity index (χ0n) is 11.6. The van der Waals surface area contributed by atoms with Crippen molar-refractivity contribution in [1.29, 1.82) is 0 Å². The molecule has 0 bridgehead atoms. The Morgan fingerprint density at radius 2 is 1.89 bits per heavy atom. The van der Waals surface area contributed by atoms with E-state index >= 15 is 0 Å². The molecule has 2 N–H and O–H groups in total. The number of nitrogens with zero attached hydrogens (tertiary/aromatic N) is 2. The minimum atomic E-state index is 0.308. The molecule has 1 amide bonds. The largest absolute Gasteiger partial charge is 0.342 e. The summed E-state index contributed by atoms with van der Waals surface area (Å²) in [5, 5.41) is 0. The van der Waals surface area contributed by atoms with E-state index in [2.05, 4.69) is 11.8 Å². The van der Waals surface area contributed by atoms with E-state index in [0.717, 1.165) is 19.6 Å². The van der Waals surface area contributed by atoms with Crippen LogP contribution in [0.3, 0.4) is 0 Å². The summed E-state index contributed by atoms with van der Waals surface area (Å²) in [6, 6.07) is 0.396. The zero-order valence-corrected chi connectivity index (χ0v) is 11.6. The third-order valence-electron chi connectivity index (χ3n) is 4.52. The van der Waals surface area contributed by atoms with Crippen LogP contribution in [0.1, 0.15) is 39.0 Å². The van der Waals surface area contributed by atoms with Crippen molar-refractivity contribution in [3.8, 4) is 0 Å². The number of carbonyl (C=O) groups is 1. The van der Waals surface area contributed by atoms with Gasteiger partial charge in [0, 0.05) is 25.7 Å². The van der Waals surface area contributed by atoms with Crippen molar-refractivity contribution in [2.24, 2.45) is 11.7 Å². The van der Waals surface area contributed by atoms with E-state index < -0.39 is 0 Å². The lowest BCUT2D eigenvalue weighted by molar-refractivity contribution is -0.134. The molecule has 0 radical (unpaired) electrons. The van der Waals surface area contributed by atoms with Crippen LogP contribution < -0.4 is 5.73 Å². The fourth-order valence-corrected chi connectivity index (χ4v) is 3.33. The maximum absolute atomic E-state index is 12.3. The summed E-state index contributed by atoms with van der Waals surface area (Å²) in [5.41, 5.74) is 5.87. The molecule has 18 heavy (non-hydrogen) atoms. The molecule has 0 spiro atoms. The molecule has 2 atom stereocenters. The third-order valence-corrected chi connectivity index (χ3v) is 4.52. The van der Waals surface area contributed by atoms with E-state index in [4.69, 9.17) is 5.73 Å². The van der Waals surface area contributed by atoms with Crippen LogP contribution in [0, 0.1) is 5.92 Å². The Kier molecular flexibility index (Phi) is 5.01. The molecule has 2 saturated heterocycles. The molecule has 2 unspecified atom stereocenters. The van der Waals surface area contributed by atoms with Crippen LogP contribution in [-0.2, 0) is 4.79 Å². The number of amides is 1. The summed E-state index contributed by atoms with van der Waals surface area (Å²) in [6.07, 6.45) is 6.06. The van der Waals surface area contributed by atoms with Gasteiger partial charge >= 0.3 is 0 Å². The lowest BCUT2D eigenvalue weighted by Gasteiger charge is -2.40. The predicted octanol–water partition coefficient (Wildman–Crippen LogP) is 1.06. The molecule has 0 aromatic heterocycles. The summed E-state index contributed by atoms with van der Waals surface area (Å²) in [6.45, 7) is 6.45. The van der Waals surface area contributed by atoms with Crippen molar-refractivity contribution < 1.29 is 4.79 Å². The van der Waals surface area contributed by atoms with Gasteiger partial charge in [0.1, 0.15) is 0 Å². The van der Waals surface area contributed by atoms with Gasteiger partial charge in [0.05, 0.1) is 6.54 Å². The van der Waals surface area contributed by atoms with Crippen molar-refractivity contribution in [3.05, 3.63) is 0 Å². The third kappa shape index (κ3) is 3.23. The van der Waals surface area contributed by atoms with Gasteiger partial charge in [-0.2, -0.15) is 0 Å². The lowest BCUT2D eigenvalue weighted by Crippen LogP contribution is -2.52. The van der Waals surface area contributed by atoms with E-state index in [-0.39, 0.29) is 0 Å². The first-order chi connectivity index (χ1) is 8.72. The van der Waals surface area contributed by atoms with Gasteiger partial charge in [0.15, 0.2) is 0 Å². The van der Waals surface area contributed by atoms with Gasteiger partial charge in [0.2, 0.25) is 5.91 Å². The highest BCUT2D eigenvalue weighted by atomic mass is 16.2. The molecule has 2 rings (SSSR count). The Bertz CT molecular complexity index is 276. The first kappa shape index (κ1) is 13.8. The second kappa shape index (κ2) is 6.53. The van der Waals surface area contributed by atoms with Crippen molar-refractivity contribution in [1.82, 2.24) is 9.80 Å². The summed E-state index contributed by atoms with van der Waals surface area (Å²) in [5.74, 6) is 0.931. The summed E-state index contributed by atoms with van der Waals surface area (Å²) in [7, 11) is 0. The van der Waals surface area contributed by atoms with Crippen LogP contribution in [0.5, 0.6) is 0 Å². The molecule has 2 aliphatic heterocycles. The van der Waals surface area contributed by atoms with Crippen LogP contribution in [-0.4, -0.2) is 54.5 Å². The number of hydrogen-bond donors (Lipinski definition) is 1. The molecule has 104 valence electrons. The minimum absolute atomic E-state index is 0.308. The van der Waals surface area contributed by atoms with E-state index in [1.165, 1.54) is 32.1 Å². The van der Waals surface area contributed by atoms with E-state index in [0.29, 0.717) is 31.0 Å². The Balaban J connectivity index is 1.88. The van der Waals surface area contributed by atoms with Crippen LogP contribution in [0.25, 0.3) is 0 Å². The average Bonchev–Trinajstić information content (AvgIpc) is 2.40. The van der Waals surface area contributed by atoms with E-state index in [9.17, 15) is 4.79 Å². The Labute approximate surface area is 110 Å². The van der Waals surface area contributed by atoms with Crippen LogP contribution >= 0.6 is 0 Å². The molecule has 4 heteroatoms. The molecule has 2 heterocycles. The summed E-state index contributed by atoms with van der Waals surface area (Å²) >= 11 is 0. The normalized spacial score (nSPS) is 30.4. The summed E-state index contributed by atoms with van der Waals surface area (Å²) < 4.78 is 0. The topological polar surface area (TPSA) is 49.6 Å². The van der Waals surface area contributed by atoms with Gasteiger partial charge in [-0.15, -0.1) is 0 Å². The van der Waals surface area contributed by atoms with Gasteiger partial charge in [-0.25, -0.2) is 0 Å². The van der Waals surface area contributed by atoms with Gasteiger partial charge in [-0.3, -0.25) is 9.69 Å². The lowest BCUT2D eigenvalue weighted by atomic mass is 9.91. The zero-order chi connectivity index (χ0) is 13.0. The number of rotatable bonds is 3.